The molecule has 168 valence electrons. The molecule has 0 saturated carbocycles. The number of imidazole rings is 1. The molecule has 0 spiro atoms. The quantitative estimate of drug-likeness (QED) is 0.448. The highest BCUT2D eigenvalue weighted by atomic mass is 16.6. The molecule has 33 heavy (non-hydrogen) atoms. The smallest absolute Gasteiger partial charge is 0.411 e. The summed E-state index contributed by atoms with van der Waals surface area (Å²) in [5.74, 6) is 2.39. The van der Waals surface area contributed by atoms with Gasteiger partial charge in [0.1, 0.15) is 5.82 Å². The van der Waals surface area contributed by atoms with E-state index in [1.54, 1.807) is 6.20 Å². The molecule has 3 N–H and O–H groups in total. The van der Waals surface area contributed by atoms with Crippen molar-refractivity contribution in [3.05, 3.63) is 72.6 Å². The van der Waals surface area contributed by atoms with Crippen molar-refractivity contribution in [1.29, 1.82) is 0 Å². The van der Waals surface area contributed by atoms with Gasteiger partial charge in [-0.15, -0.1) is 0 Å². The van der Waals surface area contributed by atoms with Gasteiger partial charge in [0, 0.05) is 72.7 Å². The second kappa shape index (κ2) is 9.15. The summed E-state index contributed by atoms with van der Waals surface area (Å²) in [5.41, 5.74) is 7.05. The zero-order valence-corrected chi connectivity index (χ0v) is 18.0. The van der Waals surface area contributed by atoms with Gasteiger partial charge in [-0.3, -0.25) is 0 Å². The van der Waals surface area contributed by atoms with Crippen molar-refractivity contribution in [2.24, 2.45) is 11.7 Å². The summed E-state index contributed by atoms with van der Waals surface area (Å²) in [7, 11) is 0. The number of anilines is 1. The molecular weight excluding hydrogens is 420 g/mol. The van der Waals surface area contributed by atoms with E-state index in [-0.39, 0.29) is 5.88 Å². The third-order valence-corrected chi connectivity index (χ3v) is 5.77. The number of aromatic nitrogens is 4. The number of primary amides is 1. The lowest BCUT2D eigenvalue weighted by molar-refractivity contribution is 0.209. The first-order valence-electron chi connectivity index (χ1n) is 10.8. The zero-order chi connectivity index (χ0) is 22.6. The molecule has 9 nitrogen and oxygen atoms in total. The number of ether oxygens (including phenoxy) is 2. The van der Waals surface area contributed by atoms with Crippen LogP contribution < -0.4 is 20.5 Å². The predicted molar refractivity (Wildman–Crippen MR) is 123 cm³/mol. The first-order valence-corrected chi connectivity index (χ1v) is 10.8. The number of pyridine rings is 2. The molecule has 4 aromatic rings. The van der Waals surface area contributed by atoms with Crippen molar-refractivity contribution >= 4 is 22.6 Å². The minimum Gasteiger partial charge on any atom is -0.477 e. The second-order valence-corrected chi connectivity index (χ2v) is 8.00. The van der Waals surface area contributed by atoms with Crippen molar-refractivity contribution in [2.75, 3.05) is 11.9 Å². The van der Waals surface area contributed by atoms with Gasteiger partial charge in [-0.05, 0) is 30.2 Å². The van der Waals surface area contributed by atoms with Crippen LogP contribution in [0.25, 0.3) is 10.8 Å². The standard InChI is InChI=1S/C24H24N6O3/c25-24(31)33-23-19-2-1-3-20(18(19)6-8-27-23)28-13-17-4-5-22(29-14-17)32-15-16-7-10-30-11-9-26-21(30)12-16/h1-6,8-9,11,14,16,28H,7,10,12-13,15H2,(H2,25,31)/t16-/m1/s1. The molecule has 0 aliphatic carbocycles. The van der Waals surface area contributed by atoms with E-state index in [2.05, 4.69) is 24.8 Å². The van der Waals surface area contributed by atoms with E-state index in [0.29, 0.717) is 30.3 Å². The maximum Gasteiger partial charge on any atom is 0.411 e. The Balaban J connectivity index is 1.19. The van der Waals surface area contributed by atoms with E-state index >= 15 is 0 Å². The number of fused-ring (bicyclic) bond motifs is 2. The van der Waals surface area contributed by atoms with E-state index in [4.69, 9.17) is 15.2 Å². The van der Waals surface area contributed by atoms with Crippen molar-refractivity contribution in [2.45, 2.75) is 25.9 Å². The van der Waals surface area contributed by atoms with Crippen molar-refractivity contribution in [3.8, 4) is 11.8 Å². The Morgan fingerprint density at radius 2 is 2.06 bits per heavy atom. The normalized spacial score (nSPS) is 15.1. The van der Waals surface area contributed by atoms with Crippen molar-refractivity contribution in [3.63, 3.8) is 0 Å². The third kappa shape index (κ3) is 4.72. The van der Waals surface area contributed by atoms with Gasteiger partial charge in [0.05, 0.1) is 6.61 Å². The average molecular weight is 444 g/mol. The Kier molecular flexibility index (Phi) is 5.75. The van der Waals surface area contributed by atoms with Gasteiger partial charge in [0.15, 0.2) is 0 Å². The van der Waals surface area contributed by atoms with Gasteiger partial charge in [-0.2, -0.15) is 0 Å². The Labute approximate surface area is 190 Å². The fourth-order valence-corrected chi connectivity index (χ4v) is 4.07. The fraction of sp³-hybridized carbons (Fsp3) is 0.250. The average Bonchev–Trinajstić information content (AvgIpc) is 3.30. The fourth-order valence-electron chi connectivity index (χ4n) is 4.07. The molecule has 1 aliphatic rings. The van der Waals surface area contributed by atoms with Gasteiger partial charge in [-0.1, -0.05) is 12.1 Å². The van der Waals surface area contributed by atoms with Gasteiger partial charge in [-0.25, -0.2) is 19.7 Å². The first kappa shape index (κ1) is 20.7. The van der Waals surface area contributed by atoms with E-state index in [0.717, 1.165) is 41.8 Å². The topological polar surface area (TPSA) is 117 Å². The maximum atomic E-state index is 11.1. The summed E-state index contributed by atoms with van der Waals surface area (Å²) in [4.78, 5) is 24.1. The minimum absolute atomic E-state index is 0.189. The number of hydrogen-bond acceptors (Lipinski definition) is 7. The molecule has 1 aromatic carbocycles. The number of nitrogens with one attached hydrogen (secondary N) is 1. The Morgan fingerprint density at radius 3 is 2.91 bits per heavy atom. The molecular formula is C24H24N6O3. The Bertz CT molecular complexity index is 1270. The monoisotopic (exact) mass is 444 g/mol. The lowest BCUT2D eigenvalue weighted by Gasteiger charge is -2.23. The summed E-state index contributed by atoms with van der Waals surface area (Å²) >= 11 is 0. The summed E-state index contributed by atoms with van der Waals surface area (Å²) < 4.78 is 13.1. The Morgan fingerprint density at radius 1 is 1.12 bits per heavy atom. The number of benzene rings is 1. The lowest BCUT2D eigenvalue weighted by atomic mass is 9.99. The first-order chi connectivity index (χ1) is 16.2. The maximum absolute atomic E-state index is 11.1. The molecule has 5 rings (SSSR count). The van der Waals surface area contributed by atoms with Crippen LogP contribution in [-0.4, -0.2) is 32.2 Å². The number of amides is 1. The predicted octanol–water partition coefficient (Wildman–Crippen LogP) is 3.54. The van der Waals surface area contributed by atoms with Crippen LogP contribution in [-0.2, 0) is 19.5 Å². The van der Waals surface area contributed by atoms with Crippen LogP contribution in [0.4, 0.5) is 10.5 Å². The SMILES string of the molecule is NC(=O)Oc1nccc2c(NCc3ccc(OC[C@@H]4CCn5ccnc5C4)nc3)cccc12. The zero-order valence-electron chi connectivity index (χ0n) is 18.0. The second-order valence-electron chi connectivity index (χ2n) is 8.00. The summed E-state index contributed by atoms with van der Waals surface area (Å²) in [6.45, 7) is 2.20. The summed E-state index contributed by atoms with van der Waals surface area (Å²) in [6.07, 6.45) is 8.40. The van der Waals surface area contributed by atoms with Gasteiger partial charge >= 0.3 is 6.09 Å². The molecule has 0 saturated heterocycles. The molecule has 0 bridgehead atoms. The van der Waals surface area contributed by atoms with Gasteiger partial charge < -0.3 is 25.1 Å². The Hall–Kier alpha value is -4.14. The van der Waals surface area contributed by atoms with Crippen molar-refractivity contribution < 1.29 is 14.3 Å². The number of carbonyl (C=O) groups is 1. The van der Waals surface area contributed by atoms with Crippen LogP contribution in [0.15, 0.2) is 61.2 Å². The summed E-state index contributed by atoms with van der Waals surface area (Å²) in [6, 6.07) is 11.4. The van der Waals surface area contributed by atoms with E-state index in [9.17, 15) is 4.79 Å². The number of hydrogen-bond donors (Lipinski definition) is 2. The summed E-state index contributed by atoms with van der Waals surface area (Å²) in [5, 5.41) is 4.99. The third-order valence-electron chi connectivity index (χ3n) is 5.77. The lowest BCUT2D eigenvalue weighted by Crippen LogP contribution is -2.24. The number of aryl methyl sites for hydroxylation is 1. The van der Waals surface area contributed by atoms with Crippen LogP contribution in [0, 0.1) is 5.92 Å². The van der Waals surface area contributed by atoms with Crippen LogP contribution in [0.3, 0.4) is 0 Å². The molecule has 1 atom stereocenters. The highest BCUT2D eigenvalue weighted by Gasteiger charge is 2.19. The number of rotatable bonds is 7. The van der Waals surface area contributed by atoms with Crippen LogP contribution >= 0.6 is 0 Å². The number of nitrogens with zero attached hydrogens (tertiary/aromatic N) is 4. The number of nitrogens with two attached hydrogens (primary N) is 1. The van der Waals surface area contributed by atoms with Gasteiger partial charge in [0.2, 0.25) is 11.8 Å². The molecule has 1 aliphatic heterocycles. The number of carbonyl (C=O) groups excluding carboxylic acids is 1. The largest absolute Gasteiger partial charge is 0.477 e. The van der Waals surface area contributed by atoms with Crippen molar-refractivity contribution in [1.82, 2.24) is 19.5 Å². The van der Waals surface area contributed by atoms with E-state index < -0.39 is 6.09 Å². The van der Waals surface area contributed by atoms with Crippen LogP contribution in [0.5, 0.6) is 11.8 Å². The highest BCUT2D eigenvalue weighted by molar-refractivity contribution is 5.97. The molecule has 3 aromatic heterocycles. The van der Waals surface area contributed by atoms with Crippen LogP contribution in [0.1, 0.15) is 17.8 Å². The minimum atomic E-state index is -0.892. The van der Waals surface area contributed by atoms with Crippen LogP contribution in [0.2, 0.25) is 0 Å². The van der Waals surface area contributed by atoms with E-state index in [1.165, 1.54) is 0 Å². The van der Waals surface area contributed by atoms with Gasteiger partial charge in [0.25, 0.3) is 0 Å². The molecule has 0 unspecified atom stereocenters. The molecule has 9 heteroatoms. The highest BCUT2D eigenvalue weighted by Crippen LogP contribution is 2.29. The molecule has 0 fully saturated rings. The molecule has 1 amide bonds. The van der Waals surface area contributed by atoms with E-state index in [1.807, 2.05) is 55.0 Å². The molecule has 0 radical (unpaired) electrons. The molecule has 4 heterocycles.